The quantitative estimate of drug-likeness (QED) is 0.622. The molecule has 3 rings (SSSR count). The van der Waals surface area contributed by atoms with E-state index < -0.39 is 14.1 Å². The van der Waals surface area contributed by atoms with Crippen LogP contribution in [0.4, 0.5) is 5.69 Å². The fraction of sp³-hybridized carbons (Fsp3) is 0.176. The molecule has 0 aliphatic carbocycles. The molecule has 24 heavy (non-hydrogen) atoms. The molecular formula is C17H17N2O4P. The van der Waals surface area contributed by atoms with Crippen molar-refractivity contribution in [2.45, 2.75) is 12.5 Å². The molecular weight excluding hydrogens is 327 g/mol. The second kappa shape index (κ2) is 6.99. The van der Waals surface area contributed by atoms with Gasteiger partial charge in [0.15, 0.2) is 0 Å². The van der Waals surface area contributed by atoms with E-state index in [0.29, 0.717) is 12.2 Å². The zero-order valence-corrected chi connectivity index (χ0v) is 13.8. The van der Waals surface area contributed by atoms with Crippen LogP contribution in [0.2, 0.25) is 0 Å². The largest absolute Gasteiger partial charge is 0.343 e. The Morgan fingerprint density at radius 2 is 1.83 bits per heavy atom. The highest BCUT2D eigenvalue weighted by atomic mass is 31.1. The number of nitrogens with zero attached hydrogens (tertiary/aromatic N) is 1. The molecule has 1 unspecified atom stereocenters. The molecule has 2 atom stereocenters. The number of hydrogen-bond acceptors (Lipinski definition) is 3. The minimum absolute atomic E-state index is 0.214. The molecule has 0 aromatic heterocycles. The number of rotatable bonds is 5. The lowest BCUT2D eigenvalue weighted by Gasteiger charge is -2.39. The topological polar surface area (TPSA) is 86.7 Å². The van der Waals surface area contributed by atoms with Gasteiger partial charge in [0.1, 0.15) is 6.04 Å². The Bertz CT molecular complexity index is 794. The Morgan fingerprint density at radius 3 is 2.50 bits per heavy atom. The van der Waals surface area contributed by atoms with E-state index in [2.05, 4.69) is 5.32 Å². The van der Waals surface area contributed by atoms with Crippen molar-refractivity contribution < 1.29 is 19.0 Å². The summed E-state index contributed by atoms with van der Waals surface area (Å²) in [5, 5.41) is 2.96. The van der Waals surface area contributed by atoms with Gasteiger partial charge in [-0.25, -0.2) is 0 Å². The van der Waals surface area contributed by atoms with E-state index >= 15 is 0 Å². The molecule has 7 heteroatoms. The van der Waals surface area contributed by atoms with Crippen LogP contribution in [0.5, 0.6) is 0 Å². The van der Waals surface area contributed by atoms with Crippen LogP contribution in [0.1, 0.15) is 5.56 Å². The molecule has 0 bridgehead atoms. The molecule has 1 fully saturated rings. The highest BCUT2D eigenvalue weighted by Gasteiger charge is 2.39. The number of para-hydroxylation sites is 1. The van der Waals surface area contributed by atoms with Crippen molar-refractivity contribution in [2.24, 2.45) is 0 Å². The molecule has 0 radical (unpaired) electrons. The van der Waals surface area contributed by atoms with E-state index in [-0.39, 0.29) is 23.5 Å². The van der Waals surface area contributed by atoms with Gasteiger partial charge < -0.3 is 15.1 Å². The predicted octanol–water partition coefficient (Wildman–Crippen LogP) is 0.853. The van der Waals surface area contributed by atoms with Crippen molar-refractivity contribution in [3.8, 4) is 0 Å². The number of carbonyl (C=O) groups is 2. The summed E-state index contributed by atoms with van der Waals surface area (Å²) < 4.78 is 11.4. The van der Waals surface area contributed by atoms with E-state index in [1.807, 2.05) is 30.3 Å². The number of hydrogen-bond donors (Lipinski definition) is 2. The number of amides is 2. The first kappa shape index (κ1) is 16.4. The van der Waals surface area contributed by atoms with Gasteiger partial charge in [-0.15, -0.1) is 0 Å². The number of carbonyl (C=O) groups excluding carboxylic acids is 2. The van der Waals surface area contributed by atoms with E-state index in [0.717, 1.165) is 5.56 Å². The first-order valence-corrected chi connectivity index (χ1v) is 8.89. The molecule has 1 heterocycles. The summed E-state index contributed by atoms with van der Waals surface area (Å²) in [5.41, 5.74) is 1.31. The number of nitrogens with one attached hydrogen (secondary N) is 1. The third-order valence-corrected chi connectivity index (χ3v) is 4.78. The maximum atomic E-state index is 12.3. The molecule has 0 saturated carbocycles. The molecule has 6 nitrogen and oxygen atoms in total. The number of anilines is 1. The summed E-state index contributed by atoms with van der Waals surface area (Å²) >= 11 is 0. The van der Waals surface area contributed by atoms with E-state index in [9.17, 15) is 19.0 Å². The Morgan fingerprint density at radius 1 is 1.17 bits per heavy atom. The molecule has 2 amide bonds. The fourth-order valence-corrected chi connectivity index (χ4v) is 3.34. The average molecular weight is 344 g/mol. The highest BCUT2D eigenvalue weighted by Crippen LogP contribution is 2.27. The predicted molar refractivity (Wildman–Crippen MR) is 91.7 cm³/mol. The minimum Gasteiger partial charge on any atom is -0.343 e. The van der Waals surface area contributed by atoms with Crippen LogP contribution in [0.15, 0.2) is 54.6 Å². The Kier molecular flexibility index (Phi) is 4.79. The first-order valence-electron chi connectivity index (χ1n) is 7.53. The lowest BCUT2D eigenvalue weighted by molar-refractivity contribution is -0.130. The molecule has 0 spiro atoms. The summed E-state index contributed by atoms with van der Waals surface area (Å²) in [4.78, 5) is 35.1. The molecule has 2 N–H and O–H groups in total. The van der Waals surface area contributed by atoms with E-state index in [1.165, 1.54) is 11.0 Å². The van der Waals surface area contributed by atoms with Crippen molar-refractivity contribution in [2.75, 3.05) is 11.4 Å². The van der Waals surface area contributed by atoms with Crippen molar-refractivity contribution in [1.29, 1.82) is 0 Å². The fourth-order valence-electron chi connectivity index (χ4n) is 2.67. The van der Waals surface area contributed by atoms with Gasteiger partial charge in [-0.3, -0.25) is 14.2 Å². The Hall–Kier alpha value is -2.43. The third-order valence-electron chi connectivity index (χ3n) is 3.90. The van der Waals surface area contributed by atoms with Crippen LogP contribution in [-0.4, -0.2) is 29.3 Å². The van der Waals surface area contributed by atoms with Gasteiger partial charge in [0.2, 0.25) is 13.9 Å². The minimum atomic E-state index is -2.90. The van der Waals surface area contributed by atoms with Crippen LogP contribution in [0, 0.1) is 0 Å². The highest BCUT2D eigenvalue weighted by molar-refractivity contribution is 7.47. The van der Waals surface area contributed by atoms with E-state index in [4.69, 9.17) is 0 Å². The van der Waals surface area contributed by atoms with Crippen LogP contribution >= 0.6 is 8.03 Å². The third kappa shape index (κ3) is 3.40. The molecule has 2 aromatic carbocycles. The van der Waals surface area contributed by atoms with Crippen molar-refractivity contribution in [3.63, 3.8) is 0 Å². The summed E-state index contributed by atoms with van der Waals surface area (Å²) in [6.45, 7) is 0.297. The molecule has 124 valence electrons. The molecule has 1 aliphatic heterocycles. The lowest BCUT2D eigenvalue weighted by atomic mass is 10.1. The summed E-state index contributed by atoms with van der Waals surface area (Å²) in [5.74, 6) is -0.490. The lowest BCUT2D eigenvalue weighted by Crippen LogP contribution is -2.65. The molecule has 1 aliphatic rings. The van der Waals surface area contributed by atoms with Crippen LogP contribution < -0.4 is 15.5 Å². The van der Waals surface area contributed by atoms with Gasteiger partial charge in [0, 0.05) is 0 Å². The van der Waals surface area contributed by atoms with E-state index in [1.54, 1.807) is 18.2 Å². The van der Waals surface area contributed by atoms with Crippen molar-refractivity contribution >= 4 is 30.8 Å². The number of benzene rings is 2. The van der Waals surface area contributed by atoms with Gasteiger partial charge >= 0.3 is 0 Å². The summed E-state index contributed by atoms with van der Waals surface area (Å²) in [6, 6.07) is 15.2. The second-order valence-electron chi connectivity index (χ2n) is 5.55. The van der Waals surface area contributed by atoms with Gasteiger partial charge in [-0.05, 0) is 17.7 Å². The zero-order valence-electron chi connectivity index (χ0n) is 12.8. The van der Waals surface area contributed by atoms with Crippen LogP contribution in [0.25, 0.3) is 0 Å². The van der Waals surface area contributed by atoms with Crippen LogP contribution in [0.3, 0.4) is 0 Å². The Balaban J connectivity index is 1.62. The van der Waals surface area contributed by atoms with Crippen LogP contribution in [-0.2, 0) is 20.6 Å². The maximum absolute atomic E-state index is 12.3. The smallest absolute Gasteiger partial charge is 0.251 e. The standard InChI is InChI=1S/C17H17N2O4P/c20-16(10-12-6-2-1-3-7-12)18-13-11-19(17(13)21)14-8-4-5-9-15(14)24(22)23/h1-9,13,24H,10-11H2,(H,18,20)(H,22,23). The maximum Gasteiger partial charge on any atom is 0.251 e. The monoisotopic (exact) mass is 344 g/mol. The van der Waals surface area contributed by atoms with Gasteiger partial charge in [-0.1, -0.05) is 42.5 Å². The van der Waals surface area contributed by atoms with Gasteiger partial charge in [-0.2, -0.15) is 0 Å². The molecule has 1 saturated heterocycles. The molecule has 2 aromatic rings. The summed E-state index contributed by atoms with van der Waals surface area (Å²) in [6.07, 6.45) is 0.214. The normalized spacial score (nSPS) is 18.0. The van der Waals surface area contributed by atoms with Gasteiger partial charge in [0.05, 0.1) is 24.0 Å². The average Bonchev–Trinajstić information content (AvgIpc) is 2.59. The second-order valence-corrected chi connectivity index (χ2v) is 6.70. The first-order chi connectivity index (χ1) is 11.6. The number of β-lactam (4-membered cyclic amide) rings is 1. The summed E-state index contributed by atoms with van der Waals surface area (Å²) in [7, 11) is -2.90. The Labute approximate surface area is 140 Å². The van der Waals surface area contributed by atoms with Crippen molar-refractivity contribution in [1.82, 2.24) is 5.32 Å². The van der Waals surface area contributed by atoms with Gasteiger partial charge in [0.25, 0.3) is 5.91 Å². The van der Waals surface area contributed by atoms with Crippen molar-refractivity contribution in [3.05, 3.63) is 60.2 Å². The zero-order chi connectivity index (χ0) is 17.1. The SMILES string of the molecule is O=C(Cc1ccccc1)NC1CN(c2ccccc2[P@@H](=O)O)C1=O.